The van der Waals surface area contributed by atoms with E-state index in [0.717, 1.165) is 5.56 Å². The first kappa shape index (κ1) is 22.0. The van der Waals surface area contributed by atoms with E-state index in [1.54, 1.807) is 12.1 Å². The molecular weight excluding hydrogens is 416 g/mol. The number of nitrogens with one attached hydrogen (secondary N) is 2. The van der Waals surface area contributed by atoms with Gasteiger partial charge in [-0.05, 0) is 42.8 Å². The fraction of sp³-hybridized carbons (Fsp3) is 0.130. The van der Waals surface area contributed by atoms with Crippen molar-refractivity contribution < 1.29 is 22.7 Å². The van der Waals surface area contributed by atoms with Gasteiger partial charge in [0.2, 0.25) is 0 Å². The molecule has 3 rings (SSSR count). The maximum atomic E-state index is 12.9. The highest BCUT2D eigenvalue weighted by Crippen LogP contribution is 2.22. The molecule has 0 saturated carbocycles. The van der Waals surface area contributed by atoms with Crippen LogP contribution in [-0.4, -0.2) is 27.4 Å². The smallest absolute Gasteiger partial charge is 0.337 e. The first-order valence-electron chi connectivity index (χ1n) is 9.48. The summed E-state index contributed by atoms with van der Waals surface area (Å²) in [6, 6.07) is 21.0. The van der Waals surface area contributed by atoms with Gasteiger partial charge in [-0.2, -0.15) is 0 Å². The normalized spacial score (nSPS) is 11.9. The summed E-state index contributed by atoms with van der Waals surface area (Å²) in [7, 11) is -2.84. The number of amides is 1. The van der Waals surface area contributed by atoms with Crippen LogP contribution in [-0.2, 0) is 14.8 Å². The third kappa shape index (κ3) is 5.29. The molecule has 0 aromatic heterocycles. The molecule has 1 amide bonds. The first-order valence-corrected chi connectivity index (χ1v) is 11.0. The van der Waals surface area contributed by atoms with E-state index < -0.39 is 21.9 Å². The van der Waals surface area contributed by atoms with E-state index in [-0.39, 0.29) is 27.8 Å². The second-order valence-electron chi connectivity index (χ2n) is 6.78. The van der Waals surface area contributed by atoms with Gasteiger partial charge >= 0.3 is 5.97 Å². The van der Waals surface area contributed by atoms with Gasteiger partial charge in [0.05, 0.1) is 34.9 Å². The number of sulfonamides is 1. The van der Waals surface area contributed by atoms with E-state index in [4.69, 9.17) is 0 Å². The van der Waals surface area contributed by atoms with Crippen molar-refractivity contribution in [2.75, 3.05) is 11.8 Å². The number of esters is 1. The number of hydrogen-bond acceptors (Lipinski definition) is 5. The van der Waals surface area contributed by atoms with Crippen molar-refractivity contribution in [1.29, 1.82) is 0 Å². The lowest BCUT2D eigenvalue weighted by Crippen LogP contribution is -2.28. The van der Waals surface area contributed by atoms with Crippen LogP contribution in [0.15, 0.2) is 83.8 Å². The van der Waals surface area contributed by atoms with Crippen molar-refractivity contribution >= 4 is 27.6 Å². The lowest BCUT2D eigenvalue weighted by molar-refractivity contribution is 0.0600. The number of anilines is 1. The maximum Gasteiger partial charge on any atom is 0.337 e. The van der Waals surface area contributed by atoms with E-state index in [2.05, 4.69) is 14.8 Å². The Bertz CT molecular complexity index is 1190. The quantitative estimate of drug-likeness (QED) is 0.547. The Morgan fingerprint density at radius 2 is 1.58 bits per heavy atom. The fourth-order valence-electron chi connectivity index (χ4n) is 2.98. The number of methoxy groups -OCH3 is 1. The van der Waals surface area contributed by atoms with E-state index in [9.17, 15) is 18.0 Å². The molecule has 0 unspecified atom stereocenters. The molecule has 0 heterocycles. The van der Waals surface area contributed by atoms with Crippen LogP contribution in [0.3, 0.4) is 0 Å². The zero-order valence-electron chi connectivity index (χ0n) is 17.0. The molecule has 0 radical (unpaired) electrons. The van der Waals surface area contributed by atoms with Crippen molar-refractivity contribution in [2.24, 2.45) is 0 Å². The lowest BCUT2D eigenvalue weighted by atomic mass is 10.1. The Balaban J connectivity index is 1.85. The molecule has 7 nitrogen and oxygen atoms in total. The topological polar surface area (TPSA) is 102 Å². The summed E-state index contributed by atoms with van der Waals surface area (Å²) in [6.07, 6.45) is 0. The summed E-state index contributed by atoms with van der Waals surface area (Å²) in [5.74, 6) is -1.07. The summed E-state index contributed by atoms with van der Waals surface area (Å²) < 4.78 is 32.9. The minimum Gasteiger partial charge on any atom is -0.465 e. The van der Waals surface area contributed by atoms with E-state index in [0.29, 0.717) is 0 Å². The number of carbonyl (C=O) groups is 2. The van der Waals surface area contributed by atoms with E-state index >= 15 is 0 Å². The highest BCUT2D eigenvalue weighted by atomic mass is 32.2. The maximum absolute atomic E-state index is 12.9. The van der Waals surface area contributed by atoms with Crippen LogP contribution in [0.25, 0.3) is 0 Å². The summed E-state index contributed by atoms with van der Waals surface area (Å²) in [6.45, 7) is 1.85. The van der Waals surface area contributed by atoms with Gasteiger partial charge < -0.3 is 10.1 Å². The van der Waals surface area contributed by atoms with Gasteiger partial charge in [-0.3, -0.25) is 9.52 Å². The Kier molecular flexibility index (Phi) is 6.71. The molecular formula is C23H22N2O5S. The monoisotopic (exact) mass is 438 g/mol. The van der Waals surface area contributed by atoms with Gasteiger partial charge in [0.1, 0.15) is 0 Å². The molecule has 0 aliphatic heterocycles. The Morgan fingerprint density at radius 3 is 2.29 bits per heavy atom. The summed E-state index contributed by atoms with van der Waals surface area (Å²) >= 11 is 0. The molecule has 31 heavy (non-hydrogen) atoms. The summed E-state index contributed by atoms with van der Waals surface area (Å²) in [4.78, 5) is 24.4. The Morgan fingerprint density at radius 1 is 0.903 bits per heavy atom. The van der Waals surface area contributed by atoms with Gasteiger partial charge in [-0.15, -0.1) is 0 Å². The van der Waals surface area contributed by atoms with Gasteiger partial charge in [-0.1, -0.05) is 48.5 Å². The molecule has 0 bridgehead atoms. The molecule has 0 aliphatic rings. The van der Waals surface area contributed by atoms with Crippen molar-refractivity contribution in [3.8, 4) is 0 Å². The zero-order valence-corrected chi connectivity index (χ0v) is 17.8. The first-order chi connectivity index (χ1) is 14.8. The van der Waals surface area contributed by atoms with Crippen molar-refractivity contribution in [3.63, 3.8) is 0 Å². The van der Waals surface area contributed by atoms with Crippen LogP contribution in [0.2, 0.25) is 0 Å². The van der Waals surface area contributed by atoms with Gasteiger partial charge in [0, 0.05) is 0 Å². The number of rotatable bonds is 7. The number of carbonyl (C=O) groups excluding carboxylic acids is 2. The molecule has 0 saturated heterocycles. The molecule has 3 aromatic carbocycles. The second-order valence-corrected chi connectivity index (χ2v) is 8.46. The summed E-state index contributed by atoms with van der Waals surface area (Å²) in [5, 5.41) is 2.88. The largest absolute Gasteiger partial charge is 0.465 e. The zero-order chi connectivity index (χ0) is 22.4. The van der Waals surface area contributed by atoms with Gasteiger partial charge in [0.15, 0.2) is 0 Å². The molecule has 0 aliphatic carbocycles. The number of ether oxygens (including phenoxy) is 1. The summed E-state index contributed by atoms with van der Waals surface area (Å²) in [5.41, 5.74) is 1.34. The number of hydrogen-bond donors (Lipinski definition) is 2. The minimum absolute atomic E-state index is 0.105. The molecule has 1 atom stereocenters. The van der Waals surface area contributed by atoms with Crippen LogP contribution in [0.1, 0.15) is 39.2 Å². The van der Waals surface area contributed by atoms with Gasteiger partial charge in [-0.25, -0.2) is 13.2 Å². The minimum atomic E-state index is -4.05. The average molecular weight is 439 g/mol. The number of para-hydroxylation sites is 1. The number of benzene rings is 3. The predicted octanol–water partition coefficient (Wildman–Crippen LogP) is 3.77. The van der Waals surface area contributed by atoms with E-state index in [1.165, 1.54) is 43.5 Å². The molecule has 3 aromatic rings. The standard InChI is InChI=1S/C23H22N2O5S/c1-16(17-9-4-3-5-10-17)24-22(26)20-13-6-7-14-21(20)25-31(28,29)19-12-8-11-18(15-19)23(27)30-2/h3-16,25H,1-2H3,(H,24,26)/t16-/m0/s1. The SMILES string of the molecule is COC(=O)c1cccc(S(=O)(=O)Nc2ccccc2C(=O)N[C@@H](C)c2ccccc2)c1. The van der Waals surface area contributed by atoms with Crippen LogP contribution in [0.4, 0.5) is 5.69 Å². The molecule has 0 fully saturated rings. The van der Waals surface area contributed by atoms with Gasteiger partial charge in [0.25, 0.3) is 15.9 Å². The average Bonchev–Trinajstić information content (AvgIpc) is 2.79. The fourth-order valence-corrected chi connectivity index (χ4v) is 4.11. The molecule has 8 heteroatoms. The highest BCUT2D eigenvalue weighted by Gasteiger charge is 2.21. The van der Waals surface area contributed by atoms with Crippen molar-refractivity contribution in [1.82, 2.24) is 5.32 Å². The van der Waals surface area contributed by atoms with E-state index in [1.807, 2.05) is 37.3 Å². The Labute approximate surface area is 181 Å². The Hall–Kier alpha value is -3.65. The third-order valence-electron chi connectivity index (χ3n) is 4.63. The second kappa shape index (κ2) is 9.44. The van der Waals surface area contributed by atoms with Crippen molar-refractivity contribution in [2.45, 2.75) is 17.9 Å². The molecule has 0 spiro atoms. The third-order valence-corrected chi connectivity index (χ3v) is 5.99. The lowest BCUT2D eigenvalue weighted by Gasteiger charge is -2.17. The van der Waals surface area contributed by atoms with Crippen LogP contribution in [0, 0.1) is 0 Å². The molecule has 2 N–H and O–H groups in total. The van der Waals surface area contributed by atoms with Crippen LogP contribution in [0.5, 0.6) is 0 Å². The van der Waals surface area contributed by atoms with Crippen LogP contribution < -0.4 is 10.0 Å². The van der Waals surface area contributed by atoms with Crippen LogP contribution >= 0.6 is 0 Å². The van der Waals surface area contributed by atoms with Crippen molar-refractivity contribution in [3.05, 3.63) is 95.6 Å². The highest BCUT2D eigenvalue weighted by molar-refractivity contribution is 7.92. The predicted molar refractivity (Wildman–Crippen MR) is 117 cm³/mol. The molecule has 160 valence electrons.